The Hall–Kier alpha value is -3.85. The van der Waals surface area contributed by atoms with Crippen molar-refractivity contribution >= 4 is 35.2 Å². The second-order valence-electron chi connectivity index (χ2n) is 8.69. The Morgan fingerprint density at radius 1 is 1.18 bits per heavy atom. The molecule has 1 aromatic heterocycles. The van der Waals surface area contributed by atoms with Crippen molar-refractivity contribution in [1.82, 2.24) is 10.2 Å². The van der Waals surface area contributed by atoms with Crippen molar-refractivity contribution in [2.45, 2.75) is 39.3 Å². The van der Waals surface area contributed by atoms with Crippen molar-refractivity contribution < 1.29 is 18.0 Å². The number of carbonyl (C=O) groups excluding carboxylic acids is 1. The Balaban J connectivity index is 1.66. The fraction of sp³-hybridized carbons (Fsp3) is 0.250. The molecule has 0 spiro atoms. The van der Waals surface area contributed by atoms with Gasteiger partial charge in [0.25, 0.3) is 5.91 Å². The van der Waals surface area contributed by atoms with Crippen molar-refractivity contribution in [1.29, 1.82) is 0 Å². The number of anilines is 2. The van der Waals surface area contributed by atoms with Crippen LogP contribution in [0, 0.1) is 5.92 Å². The lowest BCUT2D eigenvalue weighted by Crippen LogP contribution is -2.14. The van der Waals surface area contributed by atoms with Crippen LogP contribution in [0.1, 0.15) is 47.4 Å². The van der Waals surface area contributed by atoms with Gasteiger partial charge in [0.2, 0.25) is 0 Å². The molecule has 200 valence electrons. The summed E-state index contributed by atoms with van der Waals surface area (Å²) >= 11 is 6.36. The van der Waals surface area contributed by atoms with Crippen molar-refractivity contribution in [3.05, 3.63) is 100 Å². The summed E-state index contributed by atoms with van der Waals surface area (Å²) in [4.78, 5) is 16.9. The molecule has 0 aliphatic heterocycles. The van der Waals surface area contributed by atoms with Crippen LogP contribution in [-0.4, -0.2) is 22.3 Å². The van der Waals surface area contributed by atoms with Gasteiger partial charge in [0.1, 0.15) is 5.82 Å². The average Bonchev–Trinajstić information content (AvgIpc) is 3.34. The van der Waals surface area contributed by atoms with E-state index in [2.05, 4.69) is 46.2 Å². The molecule has 0 aliphatic rings. The van der Waals surface area contributed by atoms with Crippen molar-refractivity contribution in [2.75, 3.05) is 10.6 Å². The number of hydrogen-bond acceptors (Lipinski definition) is 4. The number of benzene rings is 2. The minimum Gasteiger partial charge on any atom is -0.324 e. The lowest BCUT2D eigenvalue weighted by molar-refractivity contribution is -0.137. The molecule has 0 saturated carbocycles. The first-order valence-electron chi connectivity index (χ1n) is 12.0. The molecule has 1 unspecified atom stereocenters. The van der Waals surface area contributed by atoms with Crippen molar-refractivity contribution in [2.24, 2.45) is 10.9 Å². The first-order valence-corrected chi connectivity index (χ1v) is 12.4. The van der Waals surface area contributed by atoms with E-state index in [1.165, 1.54) is 12.1 Å². The average molecular weight is 544 g/mol. The molecule has 1 heterocycles. The standard InChI is InChI=1S/C28H29ClF3N5O/c1-4-13-33-25(14-18(3)5-2)35-26-17-23(36-37-26)10-9-19-16-22(11-12-24(19)29)34-27(38)20-7-6-8-21(15-20)28(30,31)32/h4,6-8,11-18H,1,5,9-10H2,2-3H3,(H,34,38)(H2,35,36,37)/b25-14+,33-13-. The molecule has 1 amide bonds. The lowest BCUT2D eigenvalue weighted by atomic mass is 10.1. The van der Waals surface area contributed by atoms with Gasteiger partial charge in [-0.2, -0.15) is 18.3 Å². The van der Waals surface area contributed by atoms with E-state index in [0.717, 1.165) is 29.8 Å². The predicted molar refractivity (Wildman–Crippen MR) is 147 cm³/mol. The third-order valence-corrected chi connectivity index (χ3v) is 6.08. The normalized spacial score (nSPS) is 12.9. The highest BCUT2D eigenvalue weighted by Gasteiger charge is 2.30. The number of halogens is 4. The molecular formula is C28H29ClF3N5O. The molecular weight excluding hydrogens is 515 g/mol. The number of hydrogen-bond donors (Lipinski definition) is 3. The van der Waals surface area contributed by atoms with Gasteiger partial charge in [-0.05, 0) is 73.2 Å². The molecule has 38 heavy (non-hydrogen) atoms. The van der Waals surface area contributed by atoms with Gasteiger partial charge < -0.3 is 10.6 Å². The fourth-order valence-corrected chi connectivity index (χ4v) is 3.69. The van der Waals surface area contributed by atoms with E-state index in [0.29, 0.717) is 41.1 Å². The molecule has 0 saturated heterocycles. The van der Waals surface area contributed by atoms with E-state index in [4.69, 9.17) is 11.6 Å². The smallest absolute Gasteiger partial charge is 0.324 e. The predicted octanol–water partition coefficient (Wildman–Crippen LogP) is 7.68. The zero-order valence-corrected chi connectivity index (χ0v) is 21.8. The van der Waals surface area contributed by atoms with E-state index in [-0.39, 0.29) is 5.56 Å². The number of aromatic amines is 1. The number of amides is 1. The van der Waals surface area contributed by atoms with Crippen molar-refractivity contribution in [3.8, 4) is 0 Å². The van der Waals surface area contributed by atoms with Crippen LogP contribution in [-0.2, 0) is 19.0 Å². The maximum Gasteiger partial charge on any atom is 0.416 e. The largest absolute Gasteiger partial charge is 0.416 e. The van der Waals surface area contributed by atoms with Crippen LogP contribution in [0.4, 0.5) is 24.7 Å². The number of nitrogens with one attached hydrogen (secondary N) is 3. The Morgan fingerprint density at radius 2 is 1.97 bits per heavy atom. The van der Waals surface area contributed by atoms with Crippen LogP contribution in [0.5, 0.6) is 0 Å². The topological polar surface area (TPSA) is 82.2 Å². The van der Waals surface area contributed by atoms with Gasteiger partial charge in [0.05, 0.1) is 5.56 Å². The minimum atomic E-state index is -4.53. The fourth-order valence-electron chi connectivity index (χ4n) is 3.48. The second-order valence-corrected chi connectivity index (χ2v) is 9.10. The highest BCUT2D eigenvalue weighted by Crippen LogP contribution is 2.30. The third-order valence-electron chi connectivity index (χ3n) is 5.71. The van der Waals surface area contributed by atoms with E-state index < -0.39 is 17.6 Å². The third kappa shape index (κ3) is 8.34. The van der Waals surface area contributed by atoms with Crippen LogP contribution in [0.25, 0.3) is 0 Å². The Kier molecular flexibility index (Phi) is 9.90. The maximum atomic E-state index is 13.0. The number of aromatic nitrogens is 2. The monoisotopic (exact) mass is 543 g/mol. The summed E-state index contributed by atoms with van der Waals surface area (Å²) in [5, 5.41) is 13.6. The lowest BCUT2D eigenvalue weighted by Gasteiger charge is -2.11. The molecule has 3 aromatic rings. The zero-order valence-electron chi connectivity index (χ0n) is 21.1. The number of aliphatic imine (C=N–C) groups is 1. The number of nitrogens with zero attached hydrogens (tertiary/aromatic N) is 2. The van der Waals surface area contributed by atoms with Gasteiger partial charge in [-0.25, -0.2) is 4.99 Å². The molecule has 3 rings (SSSR count). The number of carbonyl (C=O) groups is 1. The summed E-state index contributed by atoms with van der Waals surface area (Å²) in [7, 11) is 0. The van der Waals surface area contributed by atoms with Crippen LogP contribution in [0.3, 0.4) is 0 Å². The van der Waals surface area contributed by atoms with Crippen LogP contribution in [0.15, 0.2) is 78.1 Å². The van der Waals surface area contributed by atoms with Crippen LogP contribution < -0.4 is 10.6 Å². The van der Waals surface area contributed by atoms with E-state index in [9.17, 15) is 18.0 Å². The number of allylic oxidation sites excluding steroid dienone is 2. The van der Waals surface area contributed by atoms with E-state index in [1.807, 2.05) is 12.1 Å². The number of alkyl halides is 3. The Morgan fingerprint density at radius 3 is 2.68 bits per heavy atom. The first-order chi connectivity index (χ1) is 18.1. The molecule has 1 atom stereocenters. The Bertz CT molecular complexity index is 1330. The molecule has 0 bridgehead atoms. The van der Waals surface area contributed by atoms with Gasteiger partial charge in [0.15, 0.2) is 5.82 Å². The summed E-state index contributed by atoms with van der Waals surface area (Å²) < 4.78 is 39.0. The quantitative estimate of drug-likeness (QED) is 0.217. The summed E-state index contributed by atoms with van der Waals surface area (Å²) in [6.45, 7) is 7.85. The first kappa shape index (κ1) is 28.7. The highest BCUT2D eigenvalue weighted by atomic mass is 35.5. The zero-order chi connectivity index (χ0) is 27.7. The highest BCUT2D eigenvalue weighted by molar-refractivity contribution is 6.31. The van der Waals surface area contributed by atoms with E-state index >= 15 is 0 Å². The second kappa shape index (κ2) is 13.1. The van der Waals surface area contributed by atoms with Gasteiger partial charge in [0, 0.05) is 34.2 Å². The number of aryl methyl sites for hydroxylation is 2. The SMILES string of the molecule is C=C/C=N\C(=C/C(C)CC)Nc1cc(CCc2cc(NC(=O)c3cccc(C(F)(F)F)c3)ccc2Cl)[nH]n1. The van der Waals surface area contributed by atoms with Gasteiger partial charge in [-0.3, -0.25) is 9.89 Å². The summed E-state index contributed by atoms with van der Waals surface area (Å²) in [6, 6.07) is 11.1. The minimum absolute atomic E-state index is 0.0898. The molecule has 0 radical (unpaired) electrons. The van der Waals surface area contributed by atoms with E-state index in [1.54, 1.807) is 30.5 Å². The van der Waals surface area contributed by atoms with Crippen molar-refractivity contribution in [3.63, 3.8) is 0 Å². The molecule has 2 aromatic carbocycles. The summed E-state index contributed by atoms with van der Waals surface area (Å²) in [6.07, 6.45) is 2.79. The summed E-state index contributed by atoms with van der Waals surface area (Å²) in [5.74, 6) is 0.976. The van der Waals surface area contributed by atoms with Gasteiger partial charge >= 0.3 is 6.18 Å². The van der Waals surface area contributed by atoms with Gasteiger partial charge in [-0.15, -0.1) is 0 Å². The number of rotatable bonds is 11. The molecule has 10 heteroatoms. The van der Waals surface area contributed by atoms with Crippen LogP contribution >= 0.6 is 11.6 Å². The molecule has 6 nitrogen and oxygen atoms in total. The molecule has 0 fully saturated rings. The van der Waals surface area contributed by atoms with Crippen LogP contribution in [0.2, 0.25) is 5.02 Å². The Labute approximate surface area is 224 Å². The van der Waals surface area contributed by atoms with Gasteiger partial charge in [-0.1, -0.05) is 44.2 Å². The summed E-state index contributed by atoms with van der Waals surface area (Å²) in [5.41, 5.74) is 1.08. The number of H-pyrrole nitrogens is 1. The molecule has 0 aliphatic carbocycles. The molecule has 3 N–H and O–H groups in total. The maximum absolute atomic E-state index is 13.0.